The van der Waals surface area contributed by atoms with E-state index < -0.39 is 0 Å². The van der Waals surface area contributed by atoms with Crippen molar-refractivity contribution in [2.45, 2.75) is 24.0 Å². The Morgan fingerprint density at radius 2 is 1.75 bits per heavy atom. The van der Waals surface area contributed by atoms with E-state index in [1.807, 2.05) is 12.1 Å². The number of hydrogen-bond donors (Lipinski definition) is 1. The summed E-state index contributed by atoms with van der Waals surface area (Å²) in [5.74, 6) is 0.466. The van der Waals surface area contributed by atoms with Crippen LogP contribution in [-0.2, 0) is 0 Å². The minimum atomic E-state index is -0.152. The van der Waals surface area contributed by atoms with Gasteiger partial charge in [0.05, 0.1) is 0 Å². The molecule has 0 atom stereocenters. The second kappa shape index (κ2) is 3.09. The zero-order valence-corrected chi connectivity index (χ0v) is 7.60. The van der Waals surface area contributed by atoms with Crippen LogP contribution in [0.1, 0.15) is 24.3 Å². The Morgan fingerprint density at radius 3 is 2.25 bits per heavy atom. The zero-order valence-electron chi connectivity index (χ0n) is 6.70. The Balaban J connectivity index is 2.09. The van der Waals surface area contributed by atoms with Gasteiger partial charge in [-0.1, -0.05) is 12.1 Å². The Kier molecular flexibility index (Phi) is 2.09. The van der Waals surface area contributed by atoms with Crippen LogP contribution < -0.4 is 0 Å². The summed E-state index contributed by atoms with van der Waals surface area (Å²) in [5, 5.41) is 0.556. The van der Waals surface area contributed by atoms with Crippen molar-refractivity contribution in [1.29, 1.82) is 0 Å². The molecule has 0 nitrogen and oxygen atoms in total. The lowest BCUT2D eigenvalue weighted by atomic mass is 9.79. The molecule has 0 radical (unpaired) electrons. The molecule has 1 saturated carbocycles. The predicted molar refractivity (Wildman–Crippen MR) is 51.1 cm³/mol. The van der Waals surface area contributed by atoms with Crippen molar-refractivity contribution in [3.05, 3.63) is 35.6 Å². The first-order valence-electron chi connectivity index (χ1n) is 4.19. The third-order valence-corrected chi connectivity index (χ3v) is 2.88. The highest BCUT2D eigenvalue weighted by Gasteiger charge is 2.27. The monoisotopic (exact) mass is 182 g/mol. The normalized spacial score (nSPS) is 28.2. The molecule has 0 heterocycles. The smallest absolute Gasteiger partial charge is 0.123 e. The molecule has 0 aromatic heterocycles. The first-order chi connectivity index (χ1) is 5.75. The fraction of sp³-hybridized carbons (Fsp3) is 0.400. The van der Waals surface area contributed by atoms with E-state index in [0.717, 1.165) is 12.8 Å². The van der Waals surface area contributed by atoms with Crippen LogP contribution in [0.5, 0.6) is 0 Å². The molecule has 2 rings (SSSR count). The fourth-order valence-electron chi connectivity index (χ4n) is 1.59. The maximum atomic E-state index is 12.5. The van der Waals surface area contributed by atoms with Gasteiger partial charge in [0.2, 0.25) is 0 Å². The second-order valence-corrected chi connectivity index (χ2v) is 4.10. The Bertz CT molecular complexity index is 262. The van der Waals surface area contributed by atoms with E-state index in [9.17, 15) is 4.39 Å². The minimum Gasteiger partial charge on any atom is -0.207 e. The summed E-state index contributed by atoms with van der Waals surface area (Å²) < 4.78 is 12.5. The summed E-state index contributed by atoms with van der Waals surface area (Å²) >= 11 is 4.34. The van der Waals surface area contributed by atoms with Crippen LogP contribution in [0.4, 0.5) is 4.39 Å². The molecule has 0 unspecified atom stereocenters. The summed E-state index contributed by atoms with van der Waals surface area (Å²) in [6, 6.07) is 6.81. The Morgan fingerprint density at radius 1 is 1.17 bits per heavy atom. The van der Waals surface area contributed by atoms with Crippen molar-refractivity contribution in [2.75, 3.05) is 0 Å². The lowest BCUT2D eigenvalue weighted by molar-refractivity contribution is 0.437. The third kappa shape index (κ3) is 1.48. The maximum Gasteiger partial charge on any atom is 0.123 e. The van der Waals surface area contributed by atoms with Gasteiger partial charge in [-0.3, -0.25) is 0 Å². The van der Waals surface area contributed by atoms with Gasteiger partial charge in [-0.15, -0.1) is 0 Å². The first kappa shape index (κ1) is 8.11. The average molecular weight is 182 g/mol. The summed E-state index contributed by atoms with van der Waals surface area (Å²) in [4.78, 5) is 0. The van der Waals surface area contributed by atoms with Crippen LogP contribution in [0.25, 0.3) is 0 Å². The number of thiol groups is 1. The van der Waals surface area contributed by atoms with E-state index in [0.29, 0.717) is 11.2 Å². The van der Waals surface area contributed by atoms with Crippen molar-refractivity contribution in [3.8, 4) is 0 Å². The van der Waals surface area contributed by atoms with Crippen molar-refractivity contribution >= 4 is 12.6 Å². The largest absolute Gasteiger partial charge is 0.207 e. The molecule has 0 aliphatic heterocycles. The standard InChI is InChI=1S/C10H11FS/c11-9-3-1-7(2-4-9)8-5-10(12)6-8/h1-4,8,10,12H,5-6H2. The van der Waals surface area contributed by atoms with E-state index >= 15 is 0 Å². The highest BCUT2D eigenvalue weighted by molar-refractivity contribution is 7.81. The lowest BCUT2D eigenvalue weighted by Crippen LogP contribution is -2.21. The molecule has 1 aromatic carbocycles. The predicted octanol–water partition coefficient (Wildman–Crippen LogP) is 3.00. The van der Waals surface area contributed by atoms with Gasteiger partial charge in [0, 0.05) is 5.25 Å². The van der Waals surface area contributed by atoms with Crippen LogP contribution in [0.2, 0.25) is 0 Å². The lowest BCUT2D eigenvalue weighted by Gasteiger charge is -2.32. The Labute approximate surface area is 77.2 Å². The molecule has 12 heavy (non-hydrogen) atoms. The van der Waals surface area contributed by atoms with Crippen LogP contribution in [0.3, 0.4) is 0 Å². The third-order valence-electron chi connectivity index (χ3n) is 2.45. The van der Waals surface area contributed by atoms with Gasteiger partial charge in [-0.05, 0) is 36.5 Å². The molecular weight excluding hydrogens is 171 g/mol. The van der Waals surface area contributed by atoms with Crippen molar-refractivity contribution in [3.63, 3.8) is 0 Å². The van der Waals surface area contributed by atoms with Gasteiger partial charge in [-0.25, -0.2) is 4.39 Å². The molecule has 0 spiro atoms. The number of rotatable bonds is 1. The molecule has 64 valence electrons. The molecule has 1 fully saturated rings. The van der Waals surface area contributed by atoms with Crippen molar-refractivity contribution in [1.82, 2.24) is 0 Å². The quantitative estimate of drug-likeness (QED) is 0.634. The van der Waals surface area contributed by atoms with Gasteiger partial charge < -0.3 is 0 Å². The van der Waals surface area contributed by atoms with Gasteiger partial charge in [0.15, 0.2) is 0 Å². The SMILES string of the molecule is Fc1ccc(C2CC(S)C2)cc1. The summed E-state index contributed by atoms with van der Waals surface area (Å²) in [5.41, 5.74) is 1.25. The van der Waals surface area contributed by atoms with E-state index in [-0.39, 0.29) is 5.82 Å². The average Bonchev–Trinajstić information content (AvgIpc) is 2.01. The molecular formula is C10H11FS. The topological polar surface area (TPSA) is 0 Å². The number of halogens is 1. The van der Waals surface area contributed by atoms with Gasteiger partial charge in [0.1, 0.15) is 5.82 Å². The van der Waals surface area contributed by atoms with Crippen LogP contribution in [0, 0.1) is 5.82 Å². The molecule has 0 amide bonds. The van der Waals surface area contributed by atoms with E-state index in [1.165, 1.54) is 17.7 Å². The first-order valence-corrected chi connectivity index (χ1v) is 4.71. The van der Waals surface area contributed by atoms with Crippen LogP contribution >= 0.6 is 12.6 Å². The molecule has 0 saturated heterocycles. The van der Waals surface area contributed by atoms with E-state index in [1.54, 1.807) is 0 Å². The summed E-state index contributed by atoms with van der Waals surface area (Å²) in [6.45, 7) is 0. The van der Waals surface area contributed by atoms with Gasteiger partial charge >= 0.3 is 0 Å². The zero-order chi connectivity index (χ0) is 8.55. The van der Waals surface area contributed by atoms with Crippen molar-refractivity contribution in [2.24, 2.45) is 0 Å². The van der Waals surface area contributed by atoms with Crippen LogP contribution in [-0.4, -0.2) is 5.25 Å². The fourth-order valence-corrected chi connectivity index (χ4v) is 2.10. The van der Waals surface area contributed by atoms with E-state index in [4.69, 9.17) is 0 Å². The maximum absolute atomic E-state index is 12.5. The number of benzene rings is 1. The van der Waals surface area contributed by atoms with Gasteiger partial charge in [0.25, 0.3) is 0 Å². The Hall–Kier alpha value is -0.500. The minimum absolute atomic E-state index is 0.152. The van der Waals surface area contributed by atoms with Crippen LogP contribution in [0.15, 0.2) is 24.3 Å². The molecule has 0 N–H and O–H groups in total. The highest BCUT2D eigenvalue weighted by atomic mass is 32.1. The van der Waals surface area contributed by atoms with Gasteiger partial charge in [-0.2, -0.15) is 12.6 Å². The summed E-state index contributed by atoms with van der Waals surface area (Å²) in [6.07, 6.45) is 2.27. The highest BCUT2D eigenvalue weighted by Crippen LogP contribution is 2.39. The molecule has 2 heteroatoms. The number of hydrogen-bond acceptors (Lipinski definition) is 1. The molecule has 1 aliphatic rings. The van der Waals surface area contributed by atoms with Crippen molar-refractivity contribution < 1.29 is 4.39 Å². The molecule has 0 bridgehead atoms. The molecule has 1 aromatic rings. The van der Waals surface area contributed by atoms with E-state index in [2.05, 4.69) is 12.6 Å². The summed E-state index contributed by atoms with van der Waals surface area (Å²) in [7, 11) is 0. The molecule has 1 aliphatic carbocycles. The second-order valence-electron chi connectivity index (χ2n) is 3.37.